The highest BCUT2D eigenvalue weighted by atomic mass is 35.5. The van der Waals surface area contributed by atoms with Crippen molar-refractivity contribution >= 4 is 21.8 Å². The minimum Gasteiger partial charge on any atom is -0.492 e. The zero-order chi connectivity index (χ0) is 12.9. The highest BCUT2D eigenvalue weighted by Gasteiger charge is 2.11. The number of hydrogen-bond donors (Lipinski definition) is 1. The third kappa shape index (κ3) is 4.91. The molecular weight excluding hydrogens is 264 g/mol. The van der Waals surface area contributed by atoms with E-state index in [-0.39, 0.29) is 13.2 Å². The summed E-state index contributed by atoms with van der Waals surface area (Å²) in [7, 11) is -0.467. The van der Waals surface area contributed by atoms with E-state index in [9.17, 15) is 8.42 Å². The maximum absolute atomic E-state index is 11.3. The monoisotopic (exact) mass is 278 g/mol. The van der Waals surface area contributed by atoms with E-state index in [0.29, 0.717) is 10.8 Å². The molecule has 0 aromatic heterocycles. The normalized spacial score (nSPS) is 11.8. The molecule has 1 aromatic carbocycles. The van der Waals surface area contributed by atoms with Gasteiger partial charge in [-0.05, 0) is 18.2 Å². The van der Waals surface area contributed by atoms with Crippen molar-refractivity contribution in [3.63, 3.8) is 0 Å². The van der Waals surface area contributed by atoms with Crippen LogP contribution in [0.5, 0.6) is 5.75 Å². The van der Waals surface area contributed by atoms with Crippen molar-refractivity contribution in [1.29, 1.82) is 0 Å². The van der Waals surface area contributed by atoms with Gasteiger partial charge in [-0.3, -0.25) is 0 Å². The lowest BCUT2D eigenvalue weighted by molar-refractivity contribution is 0.321. The van der Waals surface area contributed by atoms with Gasteiger partial charge in [-0.2, -0.15) is 17.4 Å². The summed E-state index contributed by atoms with van der Waals surface area (Å²) in [6.07, 6.45) is 0. The molecule has 0 atom stereocenters. The fourth-order valence-corrected chi connectivity index (χ4v) is 1.81. The van der Waals surface area contributed by atoms with Crippen molar-refractivity contribution in [1.82, 2.24) is 9.03 Å². The first-order chi connectivity index (χ1) is 7.92. The van der Waals surface area contributed by atoms with Crippen LogP contribution in [0.25, 0.3) is 0 Å². The van der Waals surface area contributed by atoms with Crippen molar-refractivity contribution < 1.29 is 13.2 Å². The molecule has 5 nitrogen and oxygen atoms in total. The molecule has 0 aliphatic rings. The van der Waals surface area contributed by atoms with Crippen LogP contribution in [-0.2, 0) is 10.2 Å². The molecule has 96 valence electrons. The molecular formula is C10H15ClN2O3S. The number of nitrogens with one attached hydrogen (secondary N) is 1. The van der Waals surface area contributed by atoms with Gasteiger partial charge in [0.1, 0.15) is 12.4 Å². The molecule has 17 heavy (non-hydrogen) atoms. The van der Waals surface area contributed by atoms with E-state index in [1.54, 1.807) is 24.3 Å². The average molecular weight is 279 g/mol. The third-order valence-electron chi connectivity index (χ3n) is 1.93. The van der Waals surface area contributed by atoms with E-state index < -0.39 is 10.2 Å². The van der Waals surface area contributed by atoms with Crippen molar-refractivity contribution in [2.75, 3.05) is 27.2 Å². The Morgan fingerprint density at radius 2 is 2.12 bits per heavy atom. The van der Waals surface area contributed by atoms with E-state index in [1.165, 1.54) is 14.1 Å². The van der Waals surface area contributed by atoms with Crippen molar-refractivity contribution in [2.45, 2.75) is 0 Å². The summed E-state index contributed by atoms with van der Waals surface area (Å²) < 4.78 is 31.5. The smallest absolute Gasteiger partial charge is 0.279 e. The summed E-state index contributed by atoms with van der Waals surface area (Å²) in [4.78, 5) is 0. The Bertz CT molecular complexity index is 462. The minimum atomic E-state index is -3.38. The first-order valence-corrected chi connectivity index (χ1v) is 6.79. The summed E-state index contributed by atoms with van der Waals surface area (Å²) >= 11 is 5.77. The molecule has 0 saturated carbocycles. The van der Waals surface area contributed by atoms with E-state index in [4.69, 9.17) is 16.3 Å². The Labute approximate surface area is 107 Å². The van der Waals surface area contributed by atoms with Crippen LogP contribution in [0.2, 0.25) is 5.02 Å². The number of rotatable bonds is 6. The zero-order valence-corrected chi connectivity index (χ0v) is 11.3. The largest absolute Gasteiger partial charge is 0.492 e. The first-order valence-electron chi connectivity index (χ1n) is 4.97. The second-order valence-corrected chi connectivity index (χ2v) is 5.89. The van der Waals surface area contributed by atoms with Gasteiger partial charge in [-0.25, -0.2) is 0 Å². The van der Waals surface area contributed by atoms with Gasteiger partial charge >= 0.3 is 0 Å². The Morgan fingerprint density at radius 1 is 1.41 bits per heavy atom. The molecule has 0 radical (unpaired) electrons. The summed E-state index contributed by atoms with van der Waals surface area (Å²) in [6, 6.07) is 6.93. The van der Waals surface area contributed by atoms with Gasteiger partial charge in [0.15, 0.2) is 0 Å². The zero-order valence-electron chi connectivity index (χ0n) is 9.68. The standard InChI is InChI=1S/C10H15ClN2O3S/c1-13(2)17(14,15)12-6-7-16-10-5-3-4-9(11)8-10/h3-5,8,12H,6-7H2,1-2H3. The van der Waals surface area contributed by atoms with Crippen LogP contribution in [-0.4, -0.2) is 40.0 Å². The molecule has 7 heteroatoms. The van der Waals surface area contributed by atoms with E-state index in [0.717, 1.165) is 4.31 Å². The van der Waals surface area contributed by atoms with Gasteiger partial charge in [0.25, 0.3) is 10.2 Å². The summed E-state index contributed by atoms with van der Waals surface area (Å²) in [5, 5.41) is 0.580. The molecule has 0 saturated heterocycles. The van der Waals surface area contributed by atoms with Gasteiger partial charge in [-0.15, -0.1) is 0 Å². The number of benzene rings is 1. The fourth-order valence-electron chi connectivity index (χ4n) is 1.03. The van der Waals surface area contributed by atoms with E-state index >= 15 is 0 Å². The Morgan fingerprint density at radius 3 is 2.71 bits per heavy atom. The first kappa shape index (κ1) is 14.2. The van der Waals surface area contributed by atoms with Crippen LogP contribution in [0, 0.1) is 0 Å². The predicted octanol–water partition coefficient (Wildman–Crippen LogP) is 1.11. The van der Waals surface area contributed by atoms with Crippen LogP contribution in [0.1, 0.15) is 0 Å². The number of halogens is 1. The maximum atomic E-state index is 11.3. The van der Waals surface area contributed by atoms with E-state index in [2.05, 4.69) is 4.72 Å². The molecule has 0 heterocycles. The van der Waals surface area contributed by atoms with Crippen molar-refractivity contribution in [3.05, 3.63) is 29.3 Å². The SMILES string of the molecule is CN(C)S(=O)(=O)NCCOc1cccc(Cl)c1. The maximum Gasteiger partial charge on any atom is 0.279 e. The van der Waals surface area contributed by atoms with Crippen LogP contribution in [0.15, 0.2) is 24.3 Å². The topological polar surface area (TPSA) is 58.6 Å². The van der Waals surface area contributed by atoms with Gasteiger partial charge in [0.2, 0.25) is 0 Å². The summed E-state index contributed by atoms with van der Waals surface area (Å²) in [5.41, 5.74) is 0. The highest BCUT2D eigenvalue weighted by molar-refractivity contribution is 7.87. The molecule has 0 aliphatic heterocycles. The quantitative estimate of drug-likeness (QED) is 0.793. The predicted molar refractivity (Wildman–Crippen MR) is 67.6 cm³/mol. The molecule has 0 unspecified atom stereocenters. The highest BCUT2D eigenvalue weighted by Crippen LogP contribution is 2.16. The third-order valence-corrected chi connectivity index (χ3v) is 3.70. The second-order valence-electron chi connectivity index (χ2n) is 3.49. The Kier molecular flexibility index (Phi) is 5.20. The molecule has 0 bridgehead atoms. The van der Waals surface area contributed by atoms with Crippen LogP contribution >= 0.6 is 11.6 Å². The van der Waals surface area contributed by atoms with Gasteiger partial charge in [-0.1, -0.05) is 17.7 Å². The number of ether oxygens (including phenoxy) is 1. The molecule has 0 fully saturated rings. The van der Waals surface area contributed by atoms with Crippen LogP contribution < -0.4 is 9.46 Å². The summed E-state index contributed by atoms with van der Waals surface area (Å²) in [5.74, 6) is 0.613. The van der Waals surface area contributed by atoms with Crippen molar-refractivity contribution in [2.24, 2.45) is 0 Å². The molecule has 0 spiro atoms. The van der Waals surface area contributed by atoms with Gasteiger partial charge in [0, 0.05) is 25.7 Å². The molecule has 1 aromatic rings. The second kappa shape index (κ2) is 6.20. The van der Waals surface area contributed by atoms with Crippen LogP contribution in [0.3, 0.4) is 0 Å². The van der Waals surface area contributed by atoms with Crippen molar-refractivity contribution in [3.8, 4) is 5.75 Å². The Balaban J connectivity index is 2.35. The van der Waals surface area contributed by atoms with E-state index in [1.807, 2.05) is 0 Å². The number of nitrogens with zero attached hydrogens (tertiary/aromatic N) is 1. The molecule has 1 N–H and O–H groups in total. The van der Waals surface area contributed by atoms with Crippen LogP contribution in [0.4, 0.5) is 0 Å². The van der Waals surface area contributed by atoms with Gasteiger partial charge in [0.05, 0.1) is 0 Å². The lowest BCUT2D eigenvalue weighted by atomic mass is 10.3. The fraction of sp³-hybridized carbons (Fsp3) is 0.400. The van der Waals surface area contributed by atoms with Gasteiger partial charge < -0.3 is 4.74 Å². The average Bonchev–Trinajstić information content (AvgIpc) is 2.24. The lowest BCUT2D eigenvalue weighted by Gasteiger charge is -2.12. The summed E-state index contributed by atoms with van der Waals surface area (Å²) in [6.45, 7) is 0.445. The molecule has 0 amide bonds. The molecule has 0 aliphatic carbocycles. The number of hydrogen-bond acceptors (Lipinski definition) is 3. The lowest BCUT2D eigenvalue weighted by Crippen LogP contribution is -2.37. The minimum absolute atomic E-state index is 0.201. The Hall–Kier alpha value is -0.820. The molecule has 1 rings (SSSR count).